The summed E-state index contributed by atoms with van der Waals surface area (Å²) < 4.78 is 12.2. The van der Waals surface area contributed by atoms with Crippen LogP contribution in [0.15, 0.2) is 35.1 Å². The van der Waals surface area contributed by atoms with E-state index in [1.54, 1.807) is 21.6 Å². The van der Waals surface area contributed by atoms with Crippen molar-refractivity contribution < 1.29 is 24.2 Å². The zero-order valence-electron chi connectivity index (χ0n) is 16.8. The highest BCUT2D eigenvalue weighted by Crippen LogP contribution is 2.36. The first kappa shape index (κ1) is 19.8. The van der Waals surface area contributed by atoms with Crippen molar-refractivity contribution in [1.29, 1.82) is 0 Å². The highest BCUT2D eigenvalue weighted by molar-refractivity contribution is 6.01. The average Bonchev–Trinajstić information content (AvgIpc) is 2.73. The lowest BCUT2D eigenvalue weighted by Crippen LogP contribution is -2.50. The van der Waals surface area contributed by atoms with Gasteiger partial charge in [-0.25, -0.2) is 9.59 Å². The van der Waals surface area contributed by atoms with Crippen LogP contribution in [0.5, 0.6) is 11.5 Å². The molecule has 1 fully saturated rings. The number of carbonyl (C=O) groups is 2. The van der Waals surface area contributed by atoms with Crippen molar-refractivity contribution in [2.24, 2.45) is 5.92 Å². The summed E-state index contributed by atoms with van der Waals surface area (Å²) >= 11 is 0. The Labute approximate surface area is 172 Å². The van der Waals surface area contributed by atoms with Crippen molar-refractivity contribution in [3.63, 3.8) is 0 Å². The van der Waals surface area contributed by atoms with Crippen LogP contribution < -0.4 is 20.3 Å². The minimum absolute atomic E-state index is 0.0171. The van der Waals surface area contributed by atoms with Gasteiger partial charge in [0.1, 0.15) is 0 Å². The number of piperidine rings is 1. The molecule has 30 heavy (non-hydrogen) atoms. The third-order valence-corrected chi connectivity index (χ3v) is 5.76. The molecule has 2 atom stereocenters. The molecule has 2 N–H and O–H groups in total. The number of likely N-dealkylation sites (tertiary alicyclic amines) is 1. The van der Waals surface area contributed by atoms with E-state index < -0.39 is 5.97 Å². The molecule has 0 spiro atoms. The third-order valence-electron chi connectivity index (χ3n) is 5.76. The molecule has 1 aromatic heterocycles. The van der Waals surface area contributed by atoms with Crippen molar-refractivity contribution >= 4 is 17.7 Å². The van der Waals surface area contributed by atoms with Crippen LogP contribution in [0.2, 0.25) is 0 Å². The predicted octanol–water partition coefficient (Wildman–Crippen LogP) is 2.21. The lowest BCUT2D eigenvalue weighted by molar-refractivity contribution is 0.0697. The first-order valence-corrected chi connectivity index (χ1v) is 9.66. The fourth-order valence-corrected chi connectivity index (χ4v) is 4.42. The van der Waals surface area contributed by atoms with Gasteiger partial charge in [0.25, 0.3) is 5.56 Å². The molecule has 2 amide bonds. The number of carbonyl (C=O) groups excluding carboxylic acids is 1. The van der Waals surface area contributed by atoms with Gasteiger partial charge in [-0.2, -0.15) is 0 Å². The van der Waals surface area contributed by atoms with Crippen LogP contribution in [0.3, 0.4) is 0 Å². The summed E-state index contributed by atoms with van der Waals surface area (Å²) in [4.78, 5) is 38.5. The Morgan fingerprint density at radius 3 is 2.53 bits per heavy atom. The summed E-state index contributed by atoms with van der Waals surface area (Å²) in [6.45, 7) is 1.53. The highest BCUT2D eigenvalue weighted by atomic mass is 16.5. The molecule has 2 bridgehead atoms. The van der Waals surface area contributed by atoms with E-state index in [9.17, 15) is 19.5 Å². The molecule has 0 unspecified atom stereocenters. The van der Waals surface area contributed by atoms with Gasteiger partial charge < -0.3 is 29.4 Å². The van der Waals surface area contributed by atoms with Gasteiger partial charge in [0.15, 0.2) is 11.5 Å². The van der Waals surface area contributed by atoms with Crippen molar-refractivity contribution in [3.05, 3.63) is 51.9 Å². The number of rotatable bonds is 4. The van der Waals surface area contributed by atoms with Crippen LogP contribution in [0.4, 0.5) is 10.5 Å². The second kappa shape index (κ2) is 7.74. The Kier molecular flexibility index (Phi) is 5.11. The molecule has 1 aromatic carbocycles. The maximum Gasteiger partial charge on any atom is 0.337 e. The summed E-state index contributed by atoms with van der Waals surface area (Å²) in [6.07, 6.45) is 0.921. The van der Waals surface area contributed by atoms with Gasteiger partial charge in [-0.15, -0.1) is 0 Å². The number of amides is 2. The smallest absolute Gasteiger partial charge is 0.337 e. The predicted molar refractivity (Wildman–Crippen MR) is 109 cm³/mol. The Hall–Kier alpha value is -3.49. The normalized spacial score (nSPS) is 19.6. The van der Waals surface area contributed by atoms with E-state index in [-0.39, 0.29) is 40.4 Å². The second-order valence-corrected chi connectivity index (χ2v) is 7.59. The van der Waals surface area contributed by atoms with Crippen molar-refractivity contribution in [1.82, 2.24) is 9.47 Å². The summed E-state index contributed by atoms with van der Waals surface area (Å²) in [6, 6.07) is 7.62. The number of carboxylic acid groups (broad SMARTS) is 1. The summed E-state index contributed by atoms with van der Waals surface area (Å²) in [5.74, 6) is -0.355. The molecule has 9 nitrogen and oxygen atoms in total. The number of nitrogens with one attached hydrogen (secondary N) is 1. The first-order chi connectivity index (χ1) is 14.4. The minimum Gasteiger partial charge on any atom is -0.493 e. The molecule has 2 aliphatic heterocycles. The maximum absolute atomic E-state index is 13.0. The average molecular weight is 413 g/mol. The van der Waals surface area contributed by atoms with Crippen LogP contribution in [0.25, 0.3) is 0 Å². The molecule has 0 saturated carbocycles. The minimum atomic E-state index is -1.19. The van der Waals surface area contributed by atoms with E-state index in [0.29, 0.717) is 25.4 Å². The van der Waals surface area contributed by atoms with Crippen molar-refractivity contribution in [2.45, 2.75) is 18.9 Å². The molecule has 2 aromatic rings. The van der Waals surface area contributed by atoms with E-state index in [1.165, 1.54) is 26.4 Å². The Morgan fingerprint density at radius 1 is 1.10 bits per heavy atom. The Bertz CT molecular complexity index is 1060. The van der Waals surface area contributed by atoms with Crippen LogP contribution >= 0.6 is 0 Å². The fourth-order valence-electron chi connectivity index (χ4n) is 4.42. The summed E-state index contributed by atoms with van der Waals surface area (Å²) in [7, 11) is 2.85. The number of hydrogen-bond donors (Lipinski definition) is 2. The van der Waals surface area contributed by atoms with Crippen LogP contribution in [0, 0.1) is 5.92 Å². The van der Waals surface area contributed by atoms with Crippen molar-refractivity contribution in [2.75, 3.05) is 32.6 Å². The SMILES string of the molecule is COc1cc(NC(=O)N2C[C@H]3C[C@@H](C2)c2cccc(=O)n2C3)c(C(=O)O)cc1OC. The van der Waals surface area contributed by atoms with Crippen molar-refractivity contribution in [3.8, 4) is 11.5 Å². The number of methoxy groups -OCH3 is 2. The fraction of sp³-hybridized carbons (Fsp3) is 0.381. The van der Waals surface area contributed by atoms with Gasteiger partial charge >= 0.3 is 12.0 Å². The standard InChI is InChI=1S/C21H23N3O6/c1-29-17-7-14(20(26)27)15(8-18(17)30-2)22-21(28)23-9-12-6-13(11-23)16-4-3-5-19(25)24(16)10-12/h3-5,7-8,12-13H,6,9-11H2,1-2H3,(H,22,28)(H,26,27)/t12-,13+/m1/s1. The number of nitrogens with zero attached hydrogens (tertiary/aromatic N) is 2. The number of aromatic carboxylic acids is 1. The lowest BCUT2D eigenvalue weighted by Gasteiger charge is -2.42. The molecule has 0 radical (unpaired) electrons. The van der Waals surface area contributed by atoms with Gasteiger partial charge in [-0.05, 0) is 18.4 Å². The highest BCUT2D eigenvalue weighted by Gasteiger charge is 2.36. The van der Waals surface area contributed by atoms with Gasteiger partial charge in [0.05, 0.1) is 25.5 Å². The number of pyridine rings is 1. The Balaban J connectivity index is 1.58. The largest absolute Gasteiger partial charge is 0.493 e. The van der Waals surface area contributed by atoms with Crippen LogP contribution in [0.1, 0.15) is 28.4 Å². The van der Waals surface area contributed by atoms with E-state index >= 15 is 0 Å². The first-order valence-electron chi connectivity index (χ1n) is 9.66. The van der Waals surface area contributed by atoms with Gasteiger partial charge in [-0.1, -0.05) is 6.07 Å². The number of carboxylic acids is 1. The molecular weight excluding hydrogens is 390 g/mol. The molecule has 1 saturated heterocycles. The van der Waals surface area contributed by atoms with E-state index in [1.807, 2.05) is 6.07 Å². The van der Waals surface area contributed by atoms with Crippen LogP contribution in [-0.4, -0.2) is 53.9 Å². The van der Waals surface area contributed by atoms with Crippen LogP contribution in [-0.2, 0) is 6.54 Å². The number of anilines is 1. The maximum atomic E-state index is 13.0. The van der Waals surface area contributed by atoms with E-state index in [4.69, 9.17) is 9.47 Å². The number of fused-ring (bicyclic) bond motifs is 4. The zero-order chi connectivity index (χ0) is 21.4. The number of urea groups is 1. The molecule has 158 valence electrons. The van der Waals surface area contributed by atoms with Gasteiger partial charge in [-0.3, -0.25) is 4.79 Å². The molecule has 2 aliphatic rings. The summed E-state index contributed by atoms with van der Waals surface area (Å²) in [5, 5.41) is 12.3. The summed E-state index contributed by atoms with van der Waals surface area (Å²) in [5.41, 5.74) is 0.970. The quantitative estimate of drug-likeness (QED) is 0.795. The van der Waals surface area contributed by atoms with Gasteiger partial charge in [0, 0.05) is 49.4 Å². The number of ether oxygens (including phenoxy) is 2. The zero-order valence-corrected chi connectivity index (χ0v) is 16.8. The van der Waals surface area contributed by atoms with E-state index in [0.717, 1.165) is 12.1 Å². The molecule has 4 rings (SSSR count). The second-order valence-electron chi connectivity index (χ2n) is 7.59. The number of benzene rings is 1. The topological polar surface area (TPSA) is 110 Å². The monoisotopic (exact) mass is 413 g/mol. The third kappa shape index (κ3) is 3.47. The Morgan fingerprint density at radius 2 is 1.83 bits per heavy atom. The molecule has 0 aliphatic carbocycles. The van der Waals surface area contributed by atoms with Gasteiger partial charge in [0.2, 0.25) is 0 Å². The number of hydrogen-bond acceptors (Lipinski definition) is 5. The number of aromatic nitrogens is 1. The molecular formula is C21H23N3O6. The lowest BCUT2D eigenvalue weighted by atomic mass is 9.83. The molecule has 3 heterocycles. The van der Waals surface area contributed by atoms with E-state index in [2.05, 4.69) is 5.32 Å². The molecule has 9 heteroatoms.